The number of carbonyl (C=O) groups excluding carboxylic acids is 1. The number of rotatable bonds is 5. The Morgan fingerprint density at radius 3 is 2.81 bits per heavy atom. The molecular formula is C16H25N3OS. The van der Waals surface area contributed by atoms with Gasteiger partial charge < -0.3 is 10.6 Å². The zero-order valence-electron chi connectivity index (χ0n) is 12.9. The summed E-state index contributed by atoms with van der Waals surface area (Å²) in [6.45, 7) is 4.13. The Balaban J connectivity index is 1.49. The van der Waals surface area contributed by atoms with Crippen molar-refractivity contribution >= 4 is 17.2 Å². The molecule has 1 amide bonds. The van der Waals surface area contributed by atoms with Crippen molar-refractivity contribution in [3.05, 3.63) is 16.1 Å². The summed E-state index contributed by atoms with van der Waals surface area (Å²) in [7, 11) is 0. The number of fused-ring (bicyclic) bond motifs is 2. The van der Waals surface area contributed by atoms with Crippen molar-refractivity contribution in [1.29, 1.82) is 0 Å². The van der Waals surface area contributed by atoms with E-state index in [9.17, 15) is 4.79 Å². The quantitative estimate of drug-likeness (QED) is 0.879. The number of amides is 1. The molecule has 0 saturated carbocycles. The first-order valence-electron chi connectivity index (χ1n) is 8.13. The van der Waals surface area contributed by atoms with Gasteiger partial charge in [-0.15, -0.1) is 11.3 Å². The lowest BCUT2D eigenvalue weighted by Gasteiger charge is -2.28. The molecule has 1 aromatic rings. The summed E-state index contributed by atoms with van der Waals surface area (Å²) in [6.07, 6.45) is 6.53. The molecule has 2 saturated heterocycles. The van der Waals surface area contributed by atoms with E-state index < -0.39 is 0 Å². The summed E-state index contributed by atoms with van der Waals surface area (Å²) >= 11 is 1.68. The lowest BCUT2D eigenvalue weighted by Crippen LogP contribution is -2.40. The second-order valence-electron chi connectivity index (χ2n) is 6.49. The number of nitrogens with zero attached hydrogens (tertiary/aromatic N) is 1. The molecule has 5 heteroatoms. The van der Waals surface area contributed by atoms with Gasteiger partial charge >= 0.3 is 0 Å². The van der Waals surface area contributed by atoms with Crippen LogP contribution in [0.2, 0.25) is 0 Å². The molecule has 2 aliphatic heterocycles. The summed E-state index contributed by atoms with van der Waals surface area (Å²) in [6, 6.07) is 1.33. The fourth-order valence-electron chi connectivity index (χ4n) is 3.66. The van der Waals surface area contributed by atoms with Gasteiger partial charge in [-0.2, -0.15) is 0 Å². The topological polar surface area (TPSA) is 54.0 Å². The van der Waals surface area contributed by atoms with Crippen LogP contribution in [0.1, 0.15) is 62.7 Å². The van der Waals surface area contributed by atoms with Gasteiger partial charge in [-0.1, -0.05) is 6.92 Å². The lowest BCUT2D eigenvalue weighted by molar-refractivity contribution is -0.122. The third kappa shape index (κ3) is 3.64. The molecule has 1 aromatic heterocycles. The average Bonchev–Trinajstić information content (AvgIpc) is 3.05. The molecule has 3 unspecified atom stereocenters. The third-order valence-corrected chi connectivity index (χ3v) is 5.75. The van der Waals surface area contributed by atoms with Crippen LogP contribution in [-0.4, -0.2) is 23.0 Å². The normalized spacial score (nSPS) is 29.3. The molecule has 2 fully saturated rings. The van der Waals surface area contributed by atoms with Crippen LogP contribution in [0.4, 0.5) is 0 Å². The van der Waals surface area contributed by atoms with Crippen molar-refractivity contribution in [3.8, 4) is 0 Å². The predicted octanol–water partition coefficient (Wildman–Crippen LogP) is 2.80. The Morgan fingerprint density at radius 1 is 1.48 bits per heavy atom. The number of piperidine rings is 1. The maximum atomic E-state index is 12.2. The lowest BCUT2D eigenvalue weighted by atomic mass is 9.89. The van der Waals surface area contributed by atoms with Gasteiger partial charge in [0.1, 0.15) is 0 Å². The highest BCUT2D eigenvalue weighted by atomic mass is 32.1. The molecule has 116 valence electrons. The summed E-state index contributed by atoms with van der Waals surface area (Å²) in [4.78, 5) is 16.8. The van der Waals surface area contributed by atoms with E-state index in [1.165, 1.54) is 12.8 Å². The molecule has 0 aliphatic carbocycles. The number of carbonyl (C=O) groups is 1. The third-order valence-electron chi connectivity index (χ3n) is 4.74. The average molecular weight is 307 g/mol. The maximum absolute atomic E-state index is 12.2. The van der Waals surface area contributed by atoms with Crippen LogP contribution in [0.5, 0.6) is 0 Å². The highest BCUT2D eigenvalue weighted by molar-refractivity contribution is 7.09. The van der Waals surface area contributed by atoms with Crippen molar-refractivity contribution in [2.45, 2.75) is 70.5 Å². The maximum Gasteiger partial charge on any atom is 0.220 e. The van der Waals surface area contributed by atoms with E-state index in [-0.39, 0.29) is 11.9 Å². The number of thiazole rings is 1. The summed E-state index contributed by atoms with van der Waals surface area (Å²) in [5.74, 6) is 0.734. The molecule has 3 atom stereocenters. The molecular weight excluding hydrogens is 282 g/mol. The minimum Gasteiger partial charge on any atom is -0.348 e. The van der Waals surface area contributed by atoms with Crippen LogP contribution >= 0.6 is 11.3 Å². The van der Waals surface area contributed by atoms with Gasteiger partial charge in [0.2, 0.25) is 5.91 Å². The van der Waals surface area contributed by atoms with Gasteiger partial charge in [0.25, 0.3) is 0 Å². The minimum absolute atomic E-state index is 0.0208. The second-order valence-corrected chi connectivity index (χ2v) is 7.43. The van der Waals surface area contributed by atoms with Crippen LogP contribution < -0.4 is 10.6 Å². The first-order valence-corrected chi connectivity index (χ1v) is 9.01. The number of aryl methyl sites for hydroxylation is 1. The van der Waals surface area contributed by atoms with E-state index in [1.54, 1.807) is 11.3 Å². The Morgan fingerprint density at radius 2 is 2.19 bits per heavy atom. The molecule has 0 radical (unpaired) electrons. The van der Waals surface area contributed by atoms with Gasteiger partial charge in [0, 0.05) is 23.9 Å². The van der Waals surface area contributed by atoms with Gasteiger partial charge in [0.15, 0.2) is 0 Å². The molecule has 3 heterocycles. The Kier molecular flexibility index (Phi) is 4.60. The fraction of sp³-hybridized carbons (Fsp3) is 0.750. The smallest absolute Gasteiger partial charge is 0.220 e. The van der Waals surface area contributed by atoms with E-state index in [0.717, 1.165) is 30.0 Å². The molecule has 2 aliphatic rings. The van der Waals surface area contributed by atoms with Crippen LogP contribution in [0.15, 0.2) is 5.38 Å². The molecule has 0 aromatic carbocycles. The van der Waals surface area contributed by atoms with Gasteiger partial charge in [-0.3, -0.25) is 4.79 Å². The van der Waals surface area contributed by atoms with Crippen molar-refractivity contribution in [1.82, 2.24) is 15.6 Å². The second kappa shape index (κ2) is 6.44. The van der Waals surface area contributed by atoms with E-state index in [0.29, 0.717) is 24.4 Å². The summed E-state index contributed by atoms with van der Waals surface area (Å²) in [5, 5.41) is 9.95. The molecule has 4 nitrogen and oxygen atoms in total. The van der Waals surface area contributed by atoms with E-state index in [2.05, 4.69) is 27.9 Å². The highest BCUT2D eigenvalue weighted by Gasteiger charge is 2.34. The number of aromatic nitrogens is 1. The standard InChI is InChI=1S/C16H25N3OS/c1-3-16-19-14(9-21-16)10(2)17-15(20)8-11-6-12-4-5-13(7-11)18-12/h9-13,18H,3-8H2,1-2H3,(H,17,20). The van der Waals surface area contributed by atoms with Crippen molar-refractivity contribution in [2.75, 3.05) is 0 Å². The number of hydrogen-bond donors (Lipinski definition) is 2. The van der Waals surface area contributed by atoms with E-state index >= 15 is 0 Å². The van der Waals surface area contributed by atoms with Crippen molar-refractivity contribution < 1.29 is 4.79 Å². The van der Waals surface area contributed by atoms with Gasteiger partial charge in [0.05, 0.1) is 16.7 Å². The zero-order valence-corrected chi connectivity index (χ0v) is 13.7. The SMILES string of the molecule is CCc1nc(C(C)NC(=O)CC2CC3CCC(C2)N3)cs1. The monoisotopic (exact) mass is 307 g/mol. The van der Waals surface area contributed by atoms with Gasteiger partial charge in [-0.05, 0) is 44.9 Å². The summed E-state index contributed by atoms with van der Waals surface area (Å²) < 4.78 is 0. The van der Waals surface area contributed by atoms with Crippen LogP contribution in [0.25, 0.3) is 0 Å². The first kappa shape index (κ1) is 15.0. The Hall–Kier alpha value is -0.940. The van der Waals surface area contributed by atoms with E-state index in [4.69, 9.17) is 0 Å². The van der Waals surface area contributed by atoms with E-state index in [1.807, 2.05) is 6.92 Å². The van der Waals surface area contributed by atoms with Crippen LogP contribution in [-0.2, 0) is 11.2 Å². The van der Waals surface area contributed by atoms with Crippen molar-refractivity contribution in [3.63, 3.8) is 0 Å². The van der Waals surface area contributed by atoms with Crippen molar-refractivity contribution in [2.24, 2.45) is 5.92 Å². The number of hydrogen-bond acceptors (Lipinski definition) is 4. The number of nitrogens with one attached hydrogen (secondary N) is 2. The Bertz CT molecular complexity index is 489. The largest absolute Gasteiger partial charge is 0.348 e. The highest BCUT2D eigenvalue weighted by Crippen LogP contribution is 2.32. The summed E-state index contributed by atoms with van der Waals surface area (Å²) in [5.41, 5.74) is 0.996. The van der Waals surface area contributed by atoms with Crippen LogP contribution in [0.3, 0.4) is 0 Å². The molecule has 2 bridgehead atoms. The first-order chi connectivity index (χ1) is 10.1. The molecule has 21 heavy (non-hydrogen) atoms. The molecule has 2 N–H and O–H groups in total. The van der Waals surface area contributed by atoms with Crippen LogP contribution in [0, 0.1) is 5.92 Å². The molecule has 3 rings (SSSR count). The predicted molar refractivity (Wildman–Crippen MR) is 85.3 cm³/mol. The molecule has 0 spiro atoms. The Labute approximate surface area is 130 Å². The van der Waals surface area contributed by atoms with Gasteiger partial charge in [-0.25, -0.2) is 4.98 Å². The zero-order chi connectivity index (χ0) is 14.8. The fourth-order valence-corrected chi connectivity index (χ4v) is 4.50. The minimum atomic E-state index is 0.0208.